The third kappa shape index (κ3) is 3.67. The monoisotopic (exact) mass is 310 g/mol. The Labute approximate surface area is 139 Å². The number of fused-ring (bicyclic) bond motifs is 1. The Morgan fingerprint density at radius 1 is 1.09 bits per heavy atom. The normalized spacial score (nSPS) is 13.7. The second-order valence-electron chi connectivity index (χ2n) is 5.96. The fraction of sp³-hybridized carbons (Fsp3) is 0.400. The van der Waals surface area contributed by atoms with Crippen LogP contribution >= 0.6 is 0 Å². The van der Waals surface area contributed by atoms with Crippen molar-refractivity contribution in [2.45, 2.75) is 33.4 Å². The molecule has 0 aliphatic carbocycles. The number of hydrogen-bond donors (Lipinski definition) is 1. The lowest BCUT2D eigenvalue weighted by atomic mass is 9.99. The standard InChI is InChI=1S/C20H26N2O/c1-3-21-14-16-9-10-19(20(13-16)23-4-2)22-12-11-17-7-5-6-8-18(17)15-22/h5-10,13,21H,3-4,11-12,14-15H2,1-2H3. The topological polar surface area (TPSA) is 24.5 Å². The summed E-state index contributed by atoms with van der Waals surface area (Å²) in [5, 5.41) is 3.38. The third-order valence-electron chi connectivity index (χ3n) is 4.37. The molecule has 0 saturated carbocycles. The van der Waals surface area contributed by atoms with Gasteiger partial charge in [0.1, 0.15) is 5.75 Å². The predicted octanol–water partition coefficient (Wildman–Crippen LogP) is 3.76. The molecule has 1 aliphatic rings. The Hall–Kier alpha value is -2.00. The number of nitrogens with one attached hydrogen (secondary N) is 1. The molecule has 0 spiro atoms. The SMILES string of the molecule is CCNCc1ccc(N2CCc3ccccc3C2)c(OCC)c1. The van der Waals surface area contributed by atoms with E-state index in [0.717, 1.165) is 38.3 Å². The summed E-state index contributed by atoms with van der Waals surface area (Å²) < 4.78 is 5.93. The average molecular weight is 310 g/mol. The quantitative estimate of drug-likeness (QED) is 0.879. The van der Waals surface area contributed by atoms with Crippen molar-refractivity contribution in [3.05, 3.63) is 59.2 Å². The summed E-state index contributed by atoms with van der Waals surface area (Å²) in [5.41, 5.74) is 5.39. The minimum atomic E-state index is 0.697. The number of nitrogens with zero attached hydrogens (tertiary/aromatic N) is 1. The highest BCUT2D eigenvalue weighted by Crippen LogP contribution is 2.33. The number of hydrogen-bond acceptors (Lipinski definition) is 3. The van der Waals surface area contributed by atoms with Crippen LogP contribution in [0.15, 0.2) is 42.5 Å². The van der Waals surface area contributed by atoms with Crippen LogP contribution in [-0.2, 0) is 19.5 Å². The van der Waals surface area contributed by atoms with E-state index in [0.29, 0.717) is 6.61 Å². The molecule has 1 aliphatic heterocycles. The van der Waals surface area contributed by atoms with E-state index in [1.165, 1.54) is 22.4 Å². The summed E-state index contributed by atoms with van der Waals surface area (Å²) in [6.45, 7) is 8.75. The van der Waals surface area contributed by atoms with E-state index in [9.17, 15) is 0 Å². The van der Waals surface area contributed by atoms with E-state index in [-0.39, 0.29) is 0 Å². The third-order valence-corrected chi connectivity index (χ3v) is 4.37. The highest BCUT2D eigenvalue weighted by atomic mass is 16.5. The second-order valence-corrected chi connectivity index (χ2v) is 5.96. The molecule has 0 unspecified atom stereocenters. The van der Waals surface area contributed by atoms with Gasteiger partial charge in [-0.1, -0.05) is 37.3 Å². The number of benzene rings is 2. The van der Waals surface area contributed by atoms with Gasteiger partial charge >= 0.3 is 0 Å². The van der Waals surface area contributed by atoms with E-state index in [4.69, 9.17) is 4.74 Å². The smallest absolute Gasteiger partial charge is 0.142 e. The van der Waals surface area contributed by atoms with Gasteiger partial charge in [-0.2, -0.15) is 0 Å². The van der Waals surface area contributed by atoms with Gasteiger partial charge in [0.25, 0.3) is 0 Å². The highest BCUT2D eigenvalue weighted by Gasteiger charge is 2.19. The van der Waals surface area contributed by atoms with Crippen LogP contribution in [0.2, 0.25) is 0 Å². The molecule has 0 atom stereocenters. The maximum atomic E-state index is 5.93. The van der Waals surface area contributed by atoms with Crippen molar-refractivity contribution in [3.63, 3.8) is 0 Å². The summed E-state index contributed by atoms with van der Waals surface area (Å²) in [4.78, 5) is 2.43. The van der Waals surface area contributed by atoms with E-state index < -0.39 is 0 Å². The van der Waals surface area contributed by atoms with Crippen LogP contribution in [-0.4, -0.2) is 19.7 Å². The Bertz CT molecular complexity index is 654. The van der Waals surface area contributed by atoms with Crippen molar-refractivity contribution in [2.75, 3.05) is 24.6 Å². The van der Waals surface area contributed by atoms with E-state index >= 15 is 0 Å². The van der Waals surface area contributed by atoms with Crippen molar-refractivity contribution in [3.8, 4) is 5.75 Å². The van der Waals surface area contributed by atoms with Crippen molar-refractivity contribution in [1.29, 1.82) is 0 Å². The van der Waals surface area contributed by atoms with Crippen LogP contribution in [0, 0.1) is 0 Å². The highest BCUT2D eigenvalue weighted by molar-refractivity contribution is 5.61. The van der Waals surface area contributed by atoms with Gasteiger partial charge in [-0.25, -0.2) is 0 Å². The molecule has 122 valence electrons. The lowest BCUT2D eigenvalue weighted by Gasteiger charge is -2.32. The van der Waals surface area contributed by atoms with Crippen LogP contribution < -0.4 is 15.0 Å². The summed E-state index contributed by atoms with van der Waals surface area (Å²) in [6.07, 6.45) is 1.10. The molecule has 0 fully saturated rings. The number of anilines is 1. The maximum absolute atomic E-state index is 5.93. The lowest BCUT2D eigenvalue weighted by Crippen LogP contribution is -2.30. The van der Waals surface area contributed by atoms with Crippen molar-refractivity contribution in [1.82, 2.24) is 5.32 Å². The minimum absolute atomic E-state index is 0.697. The zero-order valence-electron chi connectivity index (χ0n) is 14.1. The van der Waals surface area contributed by atoms with Gasteiger partial charge in [0.2, 0.25) is 0 Å². The molecule has 0 aromatic heterocycles. The summed E-state index contributed by atoms with van der Waals surface area (Å²) >= 11 is 0. The van der Waals surface area contributed by atoms with Crippen molar-refractivity contribution in [2.24, 2.45) is 0 Å². The number of rotatable bonds is 6. The molecule has 23 heavy (non-hydrogen) atoms. The van der Waals surface area contributed by atoms with E-state index in [2.05, 4.69) is 59.6 Å². The molecule has 1 N–H and O–H groups in total. The zero-order valence-corrected chi connectivity index (χ0v) is 14.1. The molecule has 3 nitrogen and oxygen atoms in total. The predicted molar refractivity (Wildman–Crippen MR) is 96.2 cm³/mol. The summed E-state index contributed by atoms with van der Waals surface area (Å²) in [5.74, 6) is 1.00. The second kappa shape index (κ2) is 7.51. The first-order valence-corrected chi connectivity index (χ1v) is 8.60. The molecule has 0 bridgehead atoms. The lowest BCUT2D eigenvalue weighted by molar-refractivity contribution is 0.339. The zero-order chi connectivity index (χ0) is 16.1. The van der Waals surface area contributed by atoms with Gasteiger partial charge in [-0.05, 0) is 48.7 Å². The van der Waals surface area contributed by atoms with Crippen molar-refractivity contribution >= 4 is 5.69 Å². The van der Waals surface area contributed by atoms with Crippen LogP contribution in [0.1, 0.15) is 30.5 Å². The minimum Gasteiger partial charge on any atom is -0.492 e. The van der Waals surface area contributed by atoms with Crippen LogP contribution in [0.4, 0.5) is 5.69 Å². The van der Waals surface area contributed by atoms with Gasteiger partial charge in [-0.3, -0.25) is 0 Å². The largest absolute Gasteiger partial charge is 0.492 e. The first-order valence-electron chi connectivity index (χ1n) is 8.60. The van der Waals surface area contributed by atoms with Crippen LogP contribution in [0.5, 0.6) is 5.75 Å². The van der Waals surface area contributed by atoms with E-state index in [1.54, 1.807) is 0 Å². The molecular weight excluding hydrogens is 284 g/mol. The van der Waals surface area contributed by atoms with Gasteiger partial charge < -0.3 is 15.0 Å². The van der Waals surface area contributed by atoms with Crippen LogP contribution in [0.3, 0.4) is 0 Å². The fourth-order valence-corrected chi connectivity index (χ4v) is 3.17. The molecular formula is C20H26N2O. The van der Waals surface area contributed by atoms with Gasteiger partial charge in [0, 0.05) is 19.6 Å². The Morgan fingerprint density at radius 3 is 2.70 bits per heavy atom. The molecule has 2 aromatic carbocycles. The fourth-order valence-electron chi connectivity index (χ4n) is 3.17. The van der Waals surface area contributed by atoms with Gasteiger partial charge in [0.05, 0.1) is 12.3 Å². The van der Waals surface area contributed by atoms with Gasteiger partial charge in [0.15, 0.2) is 0 Å². The first-order chi connectivity index (χ1) is 11.3. The Morgan fingerprint density at radius 2 is 1.91 bits per heavy atom. The molecule has 2 aromatic rings. The van der Waals surface area contributed by atoms with Crippen molar-refractivity contribution < 1.29 is 4.74 Å². The number of ether oxygens (including phenoxy) is 1. The molecule has 3 rings (SSSR count). The van der Waals surface area contributed by atoms with E-state index in [1.807, 2.05) is 6.92 Å². The molecule has 0 radical (unpaired) electrons. The molecule has 0 saturated heterocycles. The summed E-state index contributed by atoms with van der Waals surface area (Å²) in [6, 6.07) is 15.4. The maximum Gasteiger partial charge on any atom is 0.142 e. The Kier molecular flexibility index (Phi) is 5.19. The molecule has 1 heterocycles. The Balaban J connectivity index is 1.84. The average Bonchev–Trinajstić information content (AvgIpc) is 2.60. The summed E-state index contributed by atoms with van der Waals surface area (Å²) in [7, 11) is 0. The first kappa shape index (κ1) is 15.9. The van der Waals surface area contributed by atoms with Gasteiger partial charge in [-0.15, -0.1) is 0 Å². The molecule has 0 amide bonds. The van der Waals surface area contributed by atoms with Crippen LogP contribution in [0.25, 0.3) is 0 Å². The molecule has 3 heteroatoms.